The van der Waals surface area contributed by atoms with Crippen molar-refractivity contribution in [1.82, 2.24) is 25.1 Å². The van der Waals surface area contributed by atoms with Gasteiger partial charge in [0, 0.05) is 0 Å². The van der Waals surface area contributed by atoms with Gasteiger partial charge < -0.3 is 9.54 Å². The molecule has 0 bridgehead atoms. The SMILES string of the molecule is O=c1[nH]c(C(c2nc[nH]n2)S(=O)O)c(Cl)c(=O)[nH]1. The Balaban J connectivity index is 2.68. The molecule has 2 unspecified atom stereocenters. The summed E-state index contributed by atoms with van der Waals surface area (Å²) in [6.07, 6.45) is 1.19. The molecule has 9 nitrogen and oxygen atoms in total. The minimum absolute atomic E-state index is 0.0704. The van der Waals surface area contributed by atoms with Crippen molar-refractivity contribution in [2.75, 3.05) is 0 Å². The van der Waals surface area contributed by atoms with E-state index in [1.807, 2.05) is 4.98 Å². The smallest absolute Gasteiger partial charge is 0.308 e. The Labute approximate surface area is 106 Å². The van der Waals surface area contributed by atoms with Crippen LogP contribution in [0, 0.1) is 0 Å². The number of H-pyrrole nitrogens is 3. The molecule has 2 atom stereocenters. The van der Waals surface area contributed by atoms with E-state index in [0.29, 0.717) is 0 Å². The van der Waals surface area contributed by atoms with E-state index in [0.717, 1.165) is 0 Å². The largest absolute Gasteiger partial charge is 0.326 e. The Morgan fingerprint density at radius 1 is 1.39 bits per heavy atom. The van der Waals surface area contributed by atoms with Crippen molar-refractivity contribution in [3.8, 4) is 0 Å². The van der Waals surface area contributed by atoms with E-state index in [4.69, 9.17) is 11.6 Å². The summed E-state index contributed by atoms with van der Waals surface area (Å²) in [5.41, 5.74) is -1.92. The van der Waals surface area contributed by atoms with Gasteiger partial charge in [-0.3, -0.25) is 14.9 Å². The van der Waals surface area contributed by atoms with Gasteiger partial charge in [-0.25, -0.2) is 14.0 Å². The van der Waals surface area contributed by atoms with Gasteiger partial charge in [0.05, 0.1) is 5.69 Å². The van der Waals surface area contributed by atoms with E-state index in [-0.39, 0.29) is 11.5 Å². The molecule has 0 aliphatic rings. The van der Waals surface area contributed by atoms with Crippen LogP contribution in [0.4, 0.5) is 0 Å². The van der Waals surface area contributed by atoms with Crippen LogP contribution in [-0.4, -0.2) is 33.9 Å². The molecule has 96 valence electrons. The summed E-state index contributed by atoms with van der Waals surface area (Å²) < 4.78 is 20.5. The summed E-state index contributed by atoms with van der Waals surface area (Å²) in [7, 11) is 0. The summed E-state index contributed by atoms with van der Waals surface area (Å²) in [5.74, 6) is -0.0704. The Kier molecular flexibility index (Phi) is 3.41. The highest BCUT2D eigenvalue weighted by atomic mass is 35.5. The van der Waals surface area contributed by atoms with E-state index in [1.165, 1.54) is 6.33 Å². The summed E-state index contributed by atoms with van der Waals surface area (Å²) in [6, 6.07) is 0. The molecule has 2 aromatic heterocycles. The minimum atomic E-state index is -2.46. The highest BCUT2D eigenvalue weighted by molar-refractivity contribution is 7.79. The van der Waals surface area contributed by atoms with Gasteiger partial charge in [0.25, 0.3) is 5.56 Å². The van der Waals surface area contributed by atoms with Gasteiger partial charge in [-0.2, -0.15) is 5.10 Å². The fourth-order valence-corrected chi connectivity index (χ4v) is 2.28. The van der Waals surface area contributed by atoms with Gasteiger partial charge in [0.15, 0.2) is 22.2 Å². The van der Waals surface area contributed by atoms with E-state index in [9.17, 15) is 18.4 Å². The maximum Gasteiger partial charge on any atom is 0.326 e. The van der Waals surface area contributed by atoms with Crippen LogP contribution in [0.2, 0.25) is 5.02 Å². The van der Waals surface area contributed by atoms with Crippen molar-refractivity contribution in [3.05, 3.63) is 43.7 Å². The van der Waals surface area contributed by atoms with Gasteiger partial charge in [-0.05, 0) is 0 Å². The average Bonchev–Trinajstić information content (AvgIpc) is 2.78. The zero-order valence-corrected chi connectivity index (χ0v) is 10.1. The Bertz CT molecular complexity index is 693. The van der Waals surface area contributed by atoms with Crippen molar-refractivity contribution in [1.29, 1.82) is 0 Å². The first-order chi connectivity index (χ1) is 8.50. The van der Waals surface area contributed by atoms with Crippen LogP contribution in [0.15, 0.2) is 15.9 Å². The zero-order chi connectivity index (χ0) is 13.3. The molecule has 0 saturated carbocycles. The van der Waals surface area contributed by atoms with Gasteiger partial charge in [0.2, 0.25) is 0 Å². The highest BCUT2D eigenvalue weighted by Crippen LogP contribution is 2.25. The predicted octanol–water partition coefficient (Wildman–Crippen LogP) is -0.854. The van der Waals surface area contributed by atoms with E-state index >= 15 is 0 Å². The lowest BCUT2D eigenvalue weighted by atomic mass is 10.3. The Morgan fingerprint density at radius 3 is 2.67 bits per heavy atom. The van der Waals surface area contributed by atoms with Gasteiger partial charge in [-0.1, -0.05) is 11.6 Å². The summed E-state index contributed by atoms with van der Waals surface area (Å²) >= 11 is 3.23. The second-order valence-corrected chi connectivity index (χ2v) is 4.55. The van der Waals surface area contributed by atoms with Crippen molar-refractivity contribution in [3.63, 3.8) is 0 Å². The first kappa shape index (κ1) is 12.7. The highest BCUT2D eigenvalue weighted by Gasteiger charge is 2.28. The predicted molar refractivity (Wildman–Crippen MR) is 61.7 cm³/mol. The van der Waals surface area contributed by atoms with Crippen molar-refractivity contribution >= 4 is 22.7 Å². The molecule has 2 heterocycles. The lowest BCUT2D eigenvalue weighted by Gasteiger charge is -2.10. The van der Waals surface area contributed by atoms with Crippen LogP contribution < -0.4 is 11.2 Å². The molecule has 0 aliphatic heterocycles. The third kappa shape index (κ3) is 2.25. The third-order valence-electron chi connectivity index (χ3n) is 2.04. The topological polar surface area (TPSA) is 145 Å². The molecule has 2 rings (SSSR count). The molecule has 0 saturated heterocycles. The number of aromatic amines is 3. The first-order valence-corrected chi connectivity index (χ1v) is 6.03. The summed E-state index contributed by atoms with van der Waals surface area (Å²) in [6.45, 7) is 0. The molecule has 4 N–H and O–H groups in total. The van der Waals surface area contributed by atoms with Crippen LogP contribution in [0.25, 0.3) is 0 Å². The quantitative estimate of drug-likeness (QED) is 0.542. The third-order valence-corrected chi connectivity index (χ3v) is 3.27. The van der Waals surface area contributed by atoms with Crippen molar-refractivity contribution in [2.45, 2.75) is 5.25 Å². The fraction of sp³-hybridized carbons (Fsp3) is 0.143. The second-order valence-electron chi connectivity index (χ2n) is 3.15. The monoisotopic (exact) mass is 291 g/mol. The molecular formula is C7H6ClN5O4S. The maximum absolute atomic E-state index is 11.3. The minimum Gasteiger partial charge on any atom is -0.308 e. The van der Waals surface area contributed by atoms with Crippen molar-refractivity contribution < 1.29 is 8.76 Å². The number of halogens is 1. The maximum atomic E-state index is 11.3. The van der Waals surface area contributed by atoms with Gasteiger partial charge in [0.1, 0.15) is 11.3 Å². The van der Waals surface area contributed by atoms with Crippen LogP contribution >= 0.6 is 11.6 Å². The molecule has 0 radical (unpaired) electrons. The Hall–Kier alpha value is -1.78. The number of hydrogen-bond acceptors (Lipinski definition) is 5. The molecular weight excluding hydrogens is 286 g/mol. The molecule has 0 spiro atoms. The van der Waals surface area contributed by atoms with E-state index in [2.05, 4.69) is 20.2 Å². The normalized spacial score (nSPS) is 14.3. The van der Waals surface area contributed by atoms with Gasteiger partial charge in [-0.15, -0.1) is 0 Å². The summed E-state index contributed by atoms with van der Waals surface area (Å²) in [4.78, 5) is 30.3. The molecule has 0 amide bonds. The molecule has 0 aromatic carbocycles. The number of rotatable bonds is 3. The number of nitrogens with one attached hydrogen (secondary N) is 3. The average molecular weight is 292 g/mol. The lowest BCUT2D eigenvalue weighted by Crippen LogP contribution is -2.27. The Morgan fingerprint density at radius 2 is 2.11 bits per heavy atom. The van der Waals surface area contributed by atoms with Crippen molar-refractivity contribution in [2.24, 2.45) is 0 Å². The fourth-order valence-electron chi connectivity index (χ4n) is 1.33. The lowest BCUT2D eigenvalue weighted by molar-refractivity contribution is 0.552. The van der Waals surface area contributed by atoms with Crippen LogP contribution in [-0.2, 0) is 11.1 Å². The zero-order valence-electron chi connectivity index (χ0n) is 8.51. The van der Waals surface area contributed by atoms with Crippen LogP contribution in [0.5, 0.6) is 0 Å². The first-order valence-electron chi connectivity index (χ1n) is 4.48. The second kappa shape index (κ2) is 4.84. The summed E-state index contributed by atoms with van der Waals surface area (Å²) in [5, 5.41) is 4.27. The standard InChI is InChI=1S/C7H6ClN5O4S/c8-2-3(11-7(15)12-6(2)14)4(18(16)17)5-9-1-10-13-5/h1,4H,(H,16,17)(H,9,10,13)(H2,11,12,14,15). The van der Waals surface area contributed by atoms with E-state index in [1.54, 1.807) is 0 Å². The van der Waals surface area contributed by atoms with Crippen LogP contribution in [0.1, 0.15) is 16.8 Å². The molecule has 0 aliphatic carbocycles. The number of nitrogens with zero attached hydrogens (tertiary/aromatic N) is 2. The van der Waals surface area contributed by atoms with E-state index < -0.39 is 32.6 Å². The molecule has 18 heavy (non-hydrogen) atoms. The molecule has 2 aromatic rings. The van der Waals surface area contributed by atoms with Crippen LogP contribution in [0.3, 0.4) is 0 Å². The number of hydrogen-bond donors (Lipinski definition) is 4. The number of aromatic nitrogens is 5. The molecule has 0 fully saturated rings. The van der Waals surface area contributed by atoms with Gasteiger partial charge >= 0.3 is 5.69 Å². The molecule has 11 heteroatoms.